The second kappa shape index (κ2) is 6.19. The molecule has 0 saturated heterocycles. The molecule has 1 aromatic rings. The number of hydrogen-bond donors (Lipinski definition) is 0. The van der Waals surface area contributed by atoms with Crippen molar-refractivity contribution < 1.29 is 4.79 Å². The summed E-state index contributed by atoms with van der Waals surface area (Å²) in [5, 5.41) is 0. The normalized spacial score (nSPS) is 12.5. The van der Waals surface area contributed by atoms with Crippen molar-refractivity contribution in [2.45, 2.75) is 44.9 Å². The molecule has 16 heavy (non-hydrogen) atoms. The smallest absolute Gasteiger partial charge is 0.146 e. The van der Waals surface area contributed by atoms with Crippen LogP contribution in [-0.2, 0) is 11.2 Å². The Morgan fingerprint density at radius 1 is 1.38 bits per heavy atom. The summed E-state index contributed by atoms with van der Waals surface area (Å²) in [5.41, 5.74) is 3.86. The molecule has 1 nitrogen and oxygen atoms in total. The molecular weight excluding hydrogens is 264 g/mol. The lowest BCUT2D eigenvalue weighted by Gasteiger charge is -2.12. The Bertz CT molecular complexity index is 371. The van der Waals surface area contributed by atoms with Gasteiger partial charge in [0.25, 0.3) is 0 Å². The van der Waals surface area contributed by atoms with Gasteiger partial charge in [0.1, 0.15) is 5.78 Å². The van der Waals surface area contributed by atoms with Crippen molar-refractivity contribution in [3.63, 3.8) is 0 Å². The maximum Gasteiger partial charge on any atom is 0.146 e. The summed E-state index contributed by atoms with van der Waals surface area (Å²) in [6, 6.07) is 6.27. The van der Waals surface area contributed by atoms with Crippen LogP contribution in [0.4, 0.5) is 0 Å². The first-order valence-electron chi connectivity index (χ1n) is 5.78. The zero-order valence-corrected chi connectivity index (χ0v) is 11.8. The highest BCUT2D eigenvalue weighted by Crippen LogP contribution is 2.18. The summed E-state index contributed by atoms with van der Waals surface area (Å²) in [5.74, 6) is 0.309. The molecule has 0 aliphatic rings. The van der Waals surface area contributed by atoms with Gasteiger partial charge in [-0.3, -0.25) is 4.79 Å². The lowest BCUT2D eigenvalue weighted by atomic mass is 9.98. The first-order chi connectivity index (χ1) is 7.56. The van der Waals surface area contributed by atoms with E-state index in [-0.39, 0.29) is 4.83 Å². The van der Waals surface area contributed by atoms with Gasteiger partial charge in [-0.15, -0.1) is 0 Å². The molecule has 1 atom stereocenters. The summed E-state index contributed by atoms with van der Waals surface area (Å²) < 4.78 is 0. The minimum atomic E-state index is -0.0343. The number of carbonyl (C=O) groups is 1. The van der Waals surface area contributed by atoms with Gasteiger partial charge in [-0.25, -0.2) is 0 Å². The van der Waals surface area contributed by atoms with Crippen LogP contribution in [0.1, 0.15) is 36.5 Å². The molecule has 1 aromatic carbocycles. The Morgan fingerprint density at radius 3 is 2.69 bits per heavy atom. The van der Waals surface area contributed by atoms with Gasteiger partial charge < -0.3 is 0 Å². The van der Waals surface area contributed by atoms with Crippen molar-refractivity contribution in [3.05, 3.63) is 34.9 Å². The van der Waals surface area contributed by atoms with Gasteiger partial charge in [-0.1, -0.05) is 41.1 Å². The summed E-state index contributed by atoms with van der Waals surface area (Å²) in [6.45, 7) is 6.26. The lowest BCUT2D eigenvalue weighted by Crippen LogP contribution is -2.16. The number of rotatable bonds is 5. The molecule has 0 amide bonds. The van der Waals surface area contributed by atoms with Crippen molar-refractivity contribution in [3.8, 4) is 0 Å². The third kappa shape index (κ3) is 3.44. The molecule has 0 radical (unpaired) electrons. The minimum Gasteiger partial charge on any atom is -0.298 e. The van der Waals surface area contributed by atoms with Crippen LogP contribution in [-0.4, -0.2) is 10.6 Å². The Morgan fingerprint density at radius 2 is 2.06 bits per heavy atom. The molecule has 0 saturated carbocycles. The third-order valence-corrected chi connectivity index (χ3v) is 3.80. The van der Waals surface area contributed by atoms with Gasteiger partial charge in [0.2, 0.25) is 0 Å². The molecule has 2 heteroatoms. The number of Topliss-reactive ketones (excluding diaryl/α,β-unsaturated/α-hetero) is 1. The van der Waals surface area contributed by atoms with E-state index in [1.807, 2.05) is 6.92 Å². The van der Waals surface area contributed by atoms with Gasteiger partial charge in [0, 0.05) is 6.42 Å². The Kier molecular flexibility index (Phi) is 5.20. The van der Waals surface area contributed by atoms with Gasteiger partial charge >= 0.3 is 0 Å². The van der Waals surface area contributed by atoms with Crippen LogP contribution in [0.5, 0.6) is 0 Å². The molecular formula is C14H19BrO. The van der Waals surface area contributed by atoms with Crippen LogP contribution in [0, 0.1) is 13.8 Å². The molecule has 1 rings (SSSR count). The van der Waals surface area contributed by atoms with E-state index in [9.17, 15) is 4.79 Å². The maximum absolute atomic E-state index is 11.7. The van der Waals surface area contributed by atoms with Gasteiger partial charge in [-0.05, 0) is 43.4 Å². The number of alkyl halides is 1. The van der Waals surface area contributed by atoms with E-state index in [0.717, 1.165) is 12.8 Å². The van der Waals surface area contributed by atoms with Crippen molar-refractivity contribution in [2.24, 2.45) is 0 Å². The van der Waals surface area contributed by atoms with E-state index < -0.39 is 0 Å². The number of halogens is 1. The predicted octanol–water partition coefficient (Wildman–Crippen LogP) is 3.98. The number of aryl methyl sites for hydroxylation is 1. The average molecular weight is 283 g/mol. The van der Waals surface area contributed by atoms with Crippen LogP contribution < -0.4 is 0 Å². The number of carbonyl (C=O) groups excluding carboxylic acids is 1. The highest BCUT2D eigenvalue weighted by Gasteiger charge is 2.15. The molecule has 0 aliphatic carbocycles. The highest BCUT2D eigenvalue weighted by molar-refractivity contribution is 9.10. The van der Waals surface area contributed by atoms with E-state index in [1.54, 1.807) is 0 Å². The number of ketones is 1. The molecule has 0 spiro atoms. The quantitative estimate of drug-likeness (QED) is 0.747. The number of hydrogen-bond acceptors (Lipinski definition) is 1. The van der Waals surface area contributed by atoms with Crippen molar-refractivity contribution in [1.29, 1.82) is 0 Å². The SMILES string of the molecule is CCCC(=O)C(Br)Cc1cccc(C)c1C. The van der Waals surface area contributed by atoms with Crippen molar-refractivity contribution in [2.75, 3.05) is 0 Å². The van der Waals surface area contributed by atoms with Crippen molar-refractivity contribution >= 4 is 21.7 Å². The Labute approximate surface area is 106 Å². The van der Waals surface area contributed by atoms with E-state index >= 15 is 0 Å². The van der Waals surface area contributed by atoms with E-state index in [1.165, 1.54) is 16.7 Å². The third-order valence-electron chi connectivity index (χ3n) is 2.96. The zero-order valence-electron chi connectivity index (χ0n) is 10.2. The van der Waals surface area contributed by atoms with Crippen LogP contribution in [0.3, 0.4) is 0 Å². The average Bonchev–Trinajstić information content (AvgIpc) is 2.25. The fourth-order valence-corrected chi connectivity index (χ4v) is 2.32. The lowest BCUT2D eigenvalue weighted by molar-refractivity contribution is -0.118. The molecule has 0 aromatic heterocycles. The van der Waals surface area contributed by atoms with Gasteiger partial charge in [0.15, 0.2) is 0 Å². The molecule has 1 unspecified atom stereocenters. The van der Waals surface area contributed by atoms with Crippen LogP contribution in [0.25, 0.3) is 0 Å². The second-order valence-electron chi connectivity index (χ2n) is 4.25. The largest absolute Gasteiger partial charge is 0.298 e. The van der Waals surface area contributed by atoms with Gasteiger partial charge in [-0.2, -0.15) is 0 Å². The summed E-state index contributed by atoms with van der Waals surface area (Å²) in [4.78, 5) is 11.7. The van der Waals surface area contributed by atoms with E-state index in [0.29, 0.717) is 12.2 Å². The maximum atomic E-state index is 11.7. The summed E-state index contributed by atoms with van der Waals surface area (Å²) in [7, 11) is 0. The Hall–Kier alpha value is -0.630. The first kappa shape index (κ1) is 13.4. The zero-order chi connectivity index (χ0) is 12.1. The molecule has 0 aliphatic heterocycles. The molecule has 0 heterocycles. The topological polar surface area (TPSA) is 17.1 Å². The Balaban J connectivity index is 2.73. The standard InChI is InChI=1S/C14H19BrO/c1-4-6-14(16)13(15)9-12-8-5-7-10(2)11(12)3/h5,7-8,13H,4,6,9H2,1-3H3. The fraction of sp³-hybridized carbons (Fsp3) is 0.500. The van der Waals surface area contributed by atoms with E-state index in [4.69, 9.17) is 0 Å². The summed E-state index contributed by atoms with van der Waals surface area (Å²) in [6.07, 6.45) is 2.39. The van der Waals surface area contributed by atoms with Crippen molar-refractivity contribution in [1.82, 2.24) is 0 Å². The number of benzene rings is 1. The van der Waals surface area contributed by atoms with E-state index in [2.05, 4.69) is 48.0 Å². The van der Waals surface area contributed by atoms with Gasteiger partial charge in [0.05, 0.1) is 4.83 Å². The molecule has 0 fully saturated rings. The molecule has 0 N–H and O–H groups in total. The second-order valence-corrected chi connectivity index (χ2v) is 5.35. The molecule has 0 bridgehead atoms. The van der Waals surface area contributed by atoms with Crippen LogP contribution in [0.15, 0.2) is 18.2 Å². The highest BCUT2D eigenvalue weighted by atomic mass is 79.9. The summed E-state index contributed by atoms with van der Waals surface area (Å²) >= 11 is 3.49. The van der Waals surface area contributed by atoms with Crippen LogP contribution >= 0.6 is 15.9 Å². The van der Waals surface area contributed by atoms with Crippen LogP contribution in [0.2, 0.25) is 0 Å². The first-order valence-corrected chi connectivity index (χ1v) is 6.69. The fourth-order valence-electron chi connectivity index (χ4n) is 1.74. The monoisotopic (exact) mass is 282 g/mol. The molecule has 88 valence electrons. The minimum absolute atomic E-state index is 0.0343. The predicted molar refractivity (Wildman–Crippen MR) is 72.3 cm³/mol.